The Morgan fingerprint density at radius 3 is 2.40 bits per heavy atom. The summed E-state index contributed by atoms with van der Waals surface area (Å²) < 4.78 is 6.00. The maximum atomic E-state index is 6.00. The third-order valence-corrected chi connectivity index (χ3v) is 5.60. The Morgan fingerprint density at radius 2 is 1.85 bits per heavy atom. The minimum atomic E-state index is 0.466. The van der Waals surface area contributed by atoms with Crippen molar-refractivity contribution in [1.29, 1.82) is 0 Å². The summed E-state index contributed by atoms with van der Waals surface area (Å²) in [5, 5.41) is 3.91. The number of nitrogens with one attached hydrogen (secondary N) is 1. The third-order valence-electron chi connectivity index (χ3n) is 5.60. The molecule has 0 aliphatic heterocycles. The quantitative estimate of drug-likeness (QED) is 0.740. The summed E-state index contributed by atoms with van der Waals surface area (Å²) in [6.07, 6.45) is 7.27. The van der Waals surface area contributed by atoms with Gasteiger partial charge in [-0.25, -0.2) is 0 Å². The molecule has 2 aliphatic rings. The number of nitrogens with zero attached hydrogens (tertiary/aromatic N) is 1. The van der Waals surface area contributed by atoms with Crippen molar-refractivity contribution in [2.75, 3.05) is 26.2 Å². The van der Waals surface area contributed by atoms with Gasteiger partial charge in [-0.3, -0.25) is 0 Å². The summed E-state index contributed by atoms with van der Waals surface area (Å²) in [5.41, 5.74) is 0.466. The van der Waals surface area contributed by atoms with E-state index in [2.05, 4.69) is 37.9 Å². The molecule has 1 N–H and O–H groups in total. The van der Waals surface area contributed by atoms with E-state index in [-0.39, 0.29) is 0 Å². The summed E-state index contributed by atoms with van der Waals surface area (Å²) in [6.45, 7) is 13.3. The third kappa shape index (κ3) is 3.20. The molecule has 3 heteroatoms. The Morgan fingerprint density at radius 1 is 1.20 bits per heavy atom. The maximum absolute atomic E-state index is 6.00. The molecule has 0 aromatic rings. The van der Waals surface area contributed by atoms with Gasteiger partial charge in [0, 0.05) is 30.7 Å². The highest BCUT2D eigenvalue weighted by molar-refractivity contribution is 5.10. The molecule has 3 nitrogen and oxygen atoms in total. The molecule has 0 radical (unpaired) electrons. The highest BCUT2D eigenvalue weighted by atomic mass is 16.5. The molecular formula is C17H34N2O. The largest absolute Gasteiger partial charge is 0.378 e. The Labute approximate surface area is 125 Å². The van der Waals surface area contributed by atoms with Crippen molar-refractivity contribution in [1.82, 2.24) is 10.2 Å². The van der Waals surface area contributed by atoms with E-state index >= 15 is 0 Å². The van der Waals surface area contributed by atoms with Gasteiger partial charge in [0.1, 0.15) is 0 Å². The lowest BCUT2D eigenvalue weighted by Crippen LogP contribution is -2.64. The highest BCUT2D eigenvalue weighted by Gasteiger charge is 2.56. The van der Waals surface area contributed by atoms with Crippen LogP contribution in [0.3, 0.4) is 0 Å². The van der Waals surface area contributed by atoms with Crippen LogP contribution in [0.25, 0.3) is 0 Å². The van der Waals surface area contributed by atoms with Crippen LogP contribution in [0.5, 0.6) is 0 Å². The van der Waals surface area contributed by atoms with E-state index in [4.69, 9.17) is 4.74 Å². The van der Waals surface area contributed by atoms with Crippen LogP contribution in [0.1, 0.15) is 59.8 Å². The Kier molecular flexibility index (Phi) is 5.88. The van der Waals surface area contributed by atoms with Gasteiger partial charge < -0.3 is 15.0 Å². The average molecular weight is 282 g/mol. The second-order valence-electron chi connectivity index (χ2n) is 6.73. The molecule has 20 heavy (non-hydrogen) atoms. The summed E-state index contributed by atoms with van der Waals surface area (Å²) in [5.74, 6) is 0. The predicted molar refractivity (Wildman–Crippen MR) is 85.1 cm³/mol. The van der Waals surface area contributed by atoms with Gasteiger partial charge in [-0.05, 0) is 46.2 Å². The smallest absolute Gasteiger partial charge is 0.0661 e. The topological polar surface area (TPSA) is 24.5 Å². The van der Waals surface area contributed by atoms with Crippen LogP contribution in [0, 0.1) is 5.41 Å². The number of hydrogen-bond acceptors (Lipinski definition) is 3. The van der Waals surface area contributed by atoms with Gasteiger partial charge >= 0.3 is 0 Å². The van der Waals surface area contributed by atoms with Gasteiger partial charge in [-0.2, -0.15) is 0 Å². The second kappa shape index (κ2) is 7.24. The van der Waals surface area contributed by atoms with Crippen LogP contribution < -0.4 is 5.32 Å². The van der Waals surface area contributed by atoms with Crippen molar-refractivity contribution >= 4 is 0 Å². The van der Waals surface area contributed by atoms with Crippen LogP contribution in [0.4, 0.5) is 0 Å². The van der Waals surface area contributed by atoms with E-state index in [1.54, 1.807) is 0 Å². The fourth-order valence-corrected chi connectivity index (χ4v) is 4.39. The van der Waals surface area contributed by atoms with Gasteiger partial charge in [0.25, 0.3) is 0 Å². The monoisotopic (exact) mass is 282 g/mol. The van der Waals surface area contributed by atoms with Crippen molar-refractivity contribution in [3.63, 3.8) is 0 Å². The van der Waals surface area contributed by atoms with E-state index < -0.39 is 0 Å². The molecule has 2 saturated carbocycles. The van der Waals surface area contributed by atoms with Gasteiger partial charge in [0.15, 0.2) is 0 Å². The second-order valence-corrected chi connectivity index (χ2v) is 6.73. The van der Waals surface area contributed by atoms with E-state index in [0.717, 1.165) is 19.7 Å². The van der Waals surface area contributed by atoms with Crippen LogP contribution >= 0.6 is 0 Å². The normalized spacial score (nSPS) is 29.9. The molecule has 0 amide bonds. The molecule has 2 fully saturated rings. The zero-order chi connectivity index (χ0) is 14.6. The highest BCUT2D eigenvalue weighted by Crippen LogP contribution is 2.54. The number of ether oxygens (including phenoxy) is 1. The molecule has 0 saturated heterocycles. The molecule has 2 rings (SSSR count). The van der Waals surface area contributed by atoms with E-state index in [9.17, 15) is 0 Å². The zero-order valence-corrected chi connectivity index (χ0v) is 14.0. The first-order valence-corrected chi connectivity index (χ1v) is 8.76. The molecule has 0 bridgehead atoms. The average Bonchev–Trinajstić information content (AvgIpc) is 2.96. The maximum Gasteiger partial charge on any atom is 0.0661 e. The van der Waals surface area contributed by atoms with Crippen LogP contribution in [-0.4, -0.2) is 49.3 Å². The fraction of sp³-hybridized carbons (Fsp3) is 1.00. The molecule has 118 valence electrons. The number of rotatable bonds is 8. The standard InChI is InChI=1S/C17H34N2O/c1-5-19(6-2)13-14(4)18-15-12-16(20-7-3)17(15)10-8-9-11-17/h14-16,18H,5-13H2,1-4H3. The van der Waals surface area contributed by atoms with Gasteiger partial charge in [-0.1, -0.05) is 26.7 Å². The van der Waals surface area contributed by atoms with Crippen molar-refractivity contribution in [2.45, 2.75) is 78.0 Å². The van der Waals surface area contributed by atoms with Crippen molar-refractivity contribution in [3.8, 4) is 0 Å². The molecule has 3 atom stereocenters. The lowest BCUT2D eigenvalue weighted by molar-refractivity contribution is -0.132. The molecule has 0 aromatic carbocycles. The van der Waals surface area contributed by atoms with Crippen LogP contribution in [0.2, 0.25) is 0 Å². The Hall–Kier alpha value is -0.120. The minimum absolute atomic E-state index is 0.466. The molecule has 3 unspecified atom stereocenters. The molecule has 1 spiro atoms. The van der Waals surface area contributed by atoms with Crippen molar-refractivity contribution in [2.24, 2.45) is 5.41 Å². The minimum Gasteiger partial charge on any atom is -0.378 e. The lowest BCUT2D eigenvalue weighted by Gasteiger charge is -2.55. The number of likely N-dealkylation sites (N-methyl/N-ethyl adjacent to an activating group) is 1. The molecule has 0 heterocycles. The van der Waals surface area contributed by atoms with E-state index in [0.29, 0.717) is 23.6 Å². The zero-order valence-electron chi connectivity index (χ0n) is 14.0. The molecular weight excluding hydrogens is 248 g/mol. The summed E-state index contributed by atoms with van der Waals surface area (Å²) >= 11 is 0. The van der Waals surface area contributed by atoms with E-state index in [1.165, 1.54) is 38.6 Å². The number of hydrogen-bond donors (Lipinski definition) is 1. The van der Waals surface area contributed by atoms with E-state index in [1.807, 2.05) is 0 Å². The summed E-state index contributed by atoms with van der Waals surface area (Å²) in [6, 6.07) is 1.27. The first kappa shape index (κ1) is 16.3. The Bertz CT molecular complexity index is 285. The summed E-state index contributed by atoms with van der Waals surface area (Å²) in [7, 11) is 0. The predicted octanol–water partition coefficient (Wildman–Crippen LogP) is 3.04. The fourth-order valence-electron chi connectivity index (χ4n) is 4.39. The lowest BCUT2D eigenvalue weighted by atomic mass is 9.60. The molecule has 0 aromatic heterocycles. The van der Waals surface area contributed by atoms with Gasteiger partial charge in [0.2, 0.25) is 0 Å². The Balaban J connectivity index is 1.86. The summed E-state index contributed by atoms with van der Waals surface area (Å²) in [4.78, 5) is 2.51. The van der Waals surface area contributed by atoms with Crippen molar-refractivity contribution < 1.29 is 4.74 Å². The van der Waals surface area contributed by atoms with Crippen LogP contribution in [0.15, 0.2) is 0 Å². The van der Waals surface area contributed by atoms with Crippen LogP contribution in [-0.2, 0) is 4.74 Å². The first-order chi connectivity index (χ1) is 9.66. The molecule has 2 aliphatic carbocycles. The first-order valence-electron chi connectivity index (χ1n) is 8.76. The van der Waals surface area contributed by atoms with Crippen molar-refractivity contribution in [3.05, 3.63) is 0 Å². The van der Waals surface area contributed by atoms with Gasteiger partial charge in [0.05, 0.1) is 6.10 Å². The SMILES string of the molecule is CCOC1CC(NC(C)CN(CC)CC)C12CCCC2. The van der Waals surface area contributed by atoms with Gasteiger partial charge in [-0.15, -0.1) is 0 Å².